The van der Waals surface area contributed by atoms with Crippen molar-refractivity contribution in [2.45, 2.75) is 25.9 Å². The number of fused-ring (bicyclic) bond motifs is 1. The highest BCUT2D eigenvalue weighted by Crippen LogP contribution is 2.19. The molecule has 1 aromatic carbocycles. The first-order valence-electron chi connectivity index (χ1n) is 6.78. The smallest absolute Gasteiger partial charge is 0.270 e. The van der Waals surface area contributed by atoms with Crippen molar-refractivity contribution in [2.24, 2.45) is 0 Å². The number of carbonyl (C=O) groups is 1. The molecule has 1 saturated heterocycles. The summed E-state index contributed by atoms with van der Waals surface area (Å²) >= 11 is 0. The molecule has 0 spiro atoms. The highest BCUT2D eigenvalue weighted by Gasteiger charge is 2.30. The normalized spacial score (nSPS) is 23.8. The average molecular weight is 257 g/mol. The number of amides is 1. The number of carbonyl (C=O) groups excluding carboxylic acids is 1. The number of hydrogen-bond acceptors (Lipinski definition) is 2. The van der Waals surface area contributed by atoms with Crippen LogP contribution in [0.25, 0.3) is 10.9 Å². The molecule has 100 valence electrons. The molecule has 2 heterocycles. The van der Waals surface area contributed by atoms with Gasteiger partial charge in [0.2, 0.25) is 0 Å². The molecular formula is C15H19N3O. The molecule has 19 heavy (non-hydrogen) atoms. The molecule has 1 amide bonds. The molecule has 0 bridgehead atoms. The highest BCUT2D eigenvalue weighted by atomic mass is 16.2. The highest BCUT2D eigenvalue weighted by molar-refractivity contribution is 5.98. The first kappa shape index (κ1) is 12.2. The zero-order chi connectivity index (χ0) is 13.4. The minimum Gasteiger partial charge on any atom is -0.351 e. The lowest BCUT2D eigenvalue weighted by Gasteiger charge is -2.39. The second-order valence-electron chi connectivity index (χ2n) is 5.34. The summed E-state index contributed by atoms with van der Waals surface area (Å²) in [6.07, 6.45) is 0. The molecule has 1 fully saturated rings. The Labute approximate surface area is 112 Å². The molecule has 1 aliphatic rings. The fourth-order valence-corrected chi connectivity index (χ4v) is 2.86. The van der Waals surface area contributed by atoms with Gasteiger partial charge in [0, 0.05) is 36.1 Å². The van der Waals surface area contributed by atoms with Crippen LogP contribution >= 0.6 is 0 Å². The van der Waals surface area contributed by atoms with Gasteiger partial charge in [-0.05, 0) is 26.0 Å². The quantitative estimate of drug-likeness (QED) is 0.821. The van der Waals surface area contributed by atoms with Crippen molar-refractivity contribution >= 4 is 16.8 Å². The van der Waals surface area contributed by atoms with Crippen molar-refractivity contribution < 1.29 is 4.79 Å². The first-order chi connectivity index (χ1) is 9.16. The molecule has 0 radical (unpaired) electrons. The van der Waals surface area contributed by atoms with Crippen molar-refractivity contribution in [1.29, 1.82) is 0 Å². The Balaban J connectivity index is 1.94. The third-order valence-corrected chi connectivity index (χ3v) is 3.82. The summed E-state index contributed by atoms with van der Waals surface area (Å²) < 4.78 is 0. The summed E-state index contributed by atoms with van der Waals surface area (Å²) in [7, 11) is 0. The van der Waals surface area contributed by atoms with Gasteiger partial charge < -0.3 is 15.2 Å². The SMILES string of the molecule is CC1CNCC(C)N1C(=O)c1cc2ccccc2[nH]1. The van der Waals surface area contributed by atoms with Crippen LogP contribution in [0.15, 0.2) is 30.3 Å². The number of benzene rings is 1. The largest absolute Gasteiger partial charge is 0.351 e. The molecule has 1 aliphatic heterocycles. The van der Waals surface area contributed by atoms with Gasteiger partial charge in [0.15, 0.2) is 0 Å². The molecular weight excluding hydrogens is 238 g/mol. The van der Waals surface area contributed by atoms with E-state index >= 15 is 0 Å². The zero-order valence-corrected chi connectivity index (χ0v) is 11.3. The lowest BCUT2D eigenvalue weighted by Crippen LogP contribution is -2.57. The summed E-state index contributed by atoms with van der Waals surface area (Å²) in [6, 6.07) is 10.4. The van der Waals surface area contributed by atoms with E-state index in [9.17, 15) is 4.79 Å². The Bertz CT molecular complexity index is 561. The predicted octanol–water partition coefficient (Wildman–Crippen LogP) is 1.99. The molecule has 0 aliphatic carbocycles. The Hall–Kier alpha value is -1.81. The molecule has 2 aromatic rings. The minimum absolute atomic E-state index is 0.0951. The number of nitrogens with zero attached hydrogens (tertiary/aromatic N) is 1. The fourth-order valence-electron chi connectivity index (χ4n) is 2.86. The van der Waals surface area contributed by atoms with E-state index in [2.05, 4.69) is 24.1 Å². The zero-order valence-electron chi connectivity index (χ0n) is 11.3. The first-order valence-corrected chi connectivity index (χ1v) is 6.78. The Morgan fingerprint density at radius 1 is 1.21 bits per heavy atom. The second-order valence-corrected chi connectivity index (χ2v) is 5.34. The fraction of sp³-hybridized carbons (Fsp3) is 0.400. The number of hydrogen-bond donors (Lipinski definition) is 2. The standard InChI is InChI=1S/C15H19N3O/c1-10-8-16-9-11(2)18(10)15(19)14-7-12-5-3-4-6-13(12)17-14/h3-7,10-11,16-17H,8-9H2,1-2H3. The van der Waals surface area contributed by atoms with E-state index in [1.54, 1.807) is 0 Å². The van der Waals surface area contributed by atoms with Crippen LogP contribution in [0.2, 0.25) is 0 Å². The van der Waals surface area contributed by atoms with Gasteiger partial charge in [-0.1, -0.05) is 18.2 Å². The van der Waals surface area contributed by atoms with Crippen molar-refractivity contribution in [3.8, 4) is 0 Å². The lowest BCUT2D eigenvalue weighted by molar-refractivity contribution is 0.0539. The van der Waals surface area contributed by atoms with Gasteiger partial charge in [0.1, 0.15) is 5.69 Å². The summed E-state index contributed by atoms with van der Waals surface area (Å²) in [5, 5.41) is 4.43. The number of piperazine rings is 1. The van der Waals surface area contributed by atoms with Crippen LogP contribution in [0.5, 0.6) is 0 Å². The van der Waals surface area contributed by atoms with Crippen molar-refractivity contribution in [3.63, 3.8) is 0 Å². The third-order valence-electron chi connectivity index (χ3n) is 3.82. The summed E-state index contributed by atoms with van der Waals surface area (Å²) in [6.45, 7) is 5.89. The second kappa shape index (κ2) is 4.70. The van der Waals surface area contributed by atoms with Gasteiger partial charge in [0.05, 0.1) is 0 Å². The van der Waals surface area contributed by atoms with Gasteiger partial charge in [-0.25, -0.2) is 0 Å². The van der Waals surface area contributed by atoms with Crippen LogP contribution < -0.4 is 5.32 Å². The van der Waals surface area contributed by atoms with Crippen molar-refractivity contribution in [2.75, 3.05) is 13.1 Å². The van der Waals surface area contributed by atoms with Gasteiger partial charge in [-0.3, -0.25) is 4.79 Å². The summed E-state index contributed by atoms with van der Waals surface area (Å²) in [5.74, 6) is 0.0951. The van der Waals surface area contributed by atoms with Gasteiger partial charge in [-0.15, -0.1) is 0 Å². The molecule has 4 nitrogen and oxygen atoms in total. The van der Waals surface area contributed by atoms with E-state index in [1.165, 1.54) is 0 Å². The third kappa shape index (κ3) is 2.12. The molecule has 0 saturated carbocycles. The van der Waals surface area contributed by atoms with Gasteiger partial charge in [0.25, 0.3) is 5.91 Å². The van der Waals surface area contributed by atoms with E-state index in [4.69, 9.17) is 0 Å². The molecule has 2 N–H and O–H groups in total. The number of H-pyrrole nitrogens is 1. The van der Waals surface area contributed by atoms with Crippen molar-refractivity contribution in [3.05, 3.63) is 36.0 Å². The number of para-hydroxylation sites is 1. The number of aromatic nitrogens is 1. The average Bonchev–Trinajstić information content (AvgIpc) is 2.82. The lowest BCUT2D eigenvalue weighted by atomic mass is 10.1. The predicted molar refractivity (Wildman–Crippen MR) is 76.3 cm³/mol. The maximum Gasteiger partial charge on any atom is 0.270 e. The van der Waals surface area contributed by atoms with E-state index in [1.807, 2.05) is 35.2 Å². The topological polar surface area (TPSA) is 48.1 Å². The summed E-state index contributed by atoms with van der Waals surface area (Å²) in [5.41, 5.74) is 1.70. The van der Waals surface area contributed by atoms with Crippen LogP contribution in [-0.4, -0.2) is 41.0 Å². The minimum atomic E-state index is 0.0951. The maximum atomic E-state index is 12.7. The van der Waals surface area contributed by atoms with Crippen LogP contribution in [0.4, 0.5) is 0 Å². The number of aromatic amines is 1. The van der Waals surface area contributed by atoms with E-state index < -0.39 is 0 Å². The van der Waals surface area contributed by atoms with E-state index in [0.717, 1.165) is 24.0 Å². The maximum absolute atomic E-state index is 12.7. The Morgan fingerprint density at radius 3 is 2.58 bits per heavy atom. The van der Waals surface area contributed by atoms with Crippen molar-refractivity contribution in [1.82, 2.24) is 15.2 Å². The molecule has 2 atom stereocenters. The molecule has 1 aromatic heterocycles. The molecule has 2 unspecified atom stereocenters. The van der Waals surface area contributed by atoms with Gasteiger partial charge >= 0.3 is 0 Å². The van der Waals surface area contributed by atoms with Crippen LogP contribution in [0.3, 0.4) is 0 Å². The van der Waals surface area contributed by atoms with Crippen LogP contribution in [-0.2, 0) is 0 Å². The summed E-state index contributed by atoms with van der Waals surface area (Å²) in [4.78, 5) is 17.9. The Kier molecular flexibility index (Phi) is 3.03. The van der Waals surface area contributed by atoms with Gasteiger partial charge in [-0.2, -0.15) is 0 Å². The van der Waals surface area contributed by atoms with E-state index in [-0.39, 0.29) is 18.0 Å². The number of nitrogens with one attached hydrogen (secondary N) is 2. The number of rotatable bonds is 1. The van der Waals surface area contributed by atoms with E-state index in [0.29, 0.717) is 5.69 Å². The Morgan fingerprint density at radius 2 is 1.89 bits per heavy atom. The monoisotopic (exact) mass is 257 g/mol. The van der Waals surface area contributed by atoms with Crippen LogP contribution in [0, 0.1) is 0 Å². The molecule has 4 heteroatoms. The van der Waals surface area contributed by atoms with Crippen LogP contribution in [0.1, 0.15) is 24.3 Å². The molecule has 3 rings (SSSR count).